The number of carbonyl (C=O) groups excluding carboxylic acids is 1. The van der Waals surface area contributed by atoms with Gasteiger partial charge in [0.05, 0.1) is 6.04 Å². The molecular weight excluding hydrogens is 482 g/mol. The minimum absolute atomic E-state index is 0. The van der Waals surface area contributed by atoms with Crippen molar-refractivity contribution in [3.05, 3.63) is 53.1 Å². The Bertz CT molecular complexity index is 1080. The number of aliphatic carboxylic acids is 1. The number of halogens is 3. The number of carboxylic acids is 1. The van der Waals surface area contributed by atoms with Gasteiger partial charge in [-0.2, -0.15) is 8.78 Å². The van der Waals surface area contributed by atoms with Crippen molar-refractivity contribution in [3.63, 3.8) is 0 Å². The third-order valence-corrected chi connectivity index (χ3v) is 6.32. The first-order valence-electron chi connectivity index (χ1n) is 11.4. The Morgan fingerprint density at radius 1 is 1.14 bits per heavy atom. The molecule has 1 saturated heterocycles. The van der Waals surface area contributed by atoms with Crippen molar-refractivity contribution >= 4 is 30.0 Å². The average molecular weight is 511 g/mol. The lowest BCUT2D eigenvalue weighted by Crippen LogP contribution is -2.46. The van der Waals surface area contributed by atoms with Gasteiger partial charge >= 0.3 is 12.6 Å². The quantitative estimate of drug-likeness (QED) is 0.543. The molecule has 2 aromatic rings. The normalized spacial score (nSPS) is 19.0. The lowest BCUT2D eigenvalue weighted by atomic mass is 10.0. The Labute approximate surface area is 208 Å². The summed E-state index contributed by atoms with van der Waals surface area (Å²) in [6.07, 6.45) is 1.56. The summed E-state index contributed by atoms with van der Waals surface area (Å²) in [5.74, 6) is -0.237. The Kier molecular flexibility index (Phi) is 8.56. The van der Waals surface area contributed by atoms with Gasteiger partial charge in [-0.25, -0.2) is 0 Å². The van der Waals surface area contributed by atoms with E-state index in [0.717, 1.165) is 16.8 Å². The average Bonchev–Trinajstić information content (AvgIpc) is 3.45. The molecule has 0 spiro atoms. The molecule has 190 valence electrons. The summed E-state index contributed by atoms with van der Waals surface area (Å²) in [6, 6.07) is 9.42. The van der Waals surface area contributed by atoms with Gasteiger partial charge in [-0.05, 0) is 60.6 Å². The molecule has 10 heteroatoms. The van der Waals surface area contributed by atoms with Crippen molar-refractivity contribution in [2.24, 2.45) is 0 Å². The summed E-state index contributed by atoms with van der Waals surface area (Å²) in [4.78, 5) is 25.8. The van der Waals surface area contributed by atoms with Gasteiger partial charge in [-0.15, -0.1) is 12.4 Å². The zero-order chi connectivity index (χ0) is 24.4. The van der Waals surface area contributed by atoms with Crippen molar-refractivity contribution < 1.29 is 33.0 Å². The maximum absolute atomic E-state index is 12.9. The summed E-state index contributed by atoms with van der Waals surface area (Å²) >= 11 is 0. The van der Waals surface area contributed by atoms with Crippen molar-refractivity contribution in [1.82, 2.24) is 5.32 Å². The fraction of sp³-hybridized carbons (Fsp3) is 0.440. The summed E-state index contributed by atoms with van der Waals surface area (Å²) < 4.78 is 36.4. The van der Waals surface area contributed by atoms with E-state index in [0.29, 0.717) is 37.1 Å². The molecule has 2 aliphatic heterocycles. The SMILES string of the molecule is CC(C)c1ccc(COc2ccc3c(c2)CCN3C(=O)[C@@H]2CC[C@@H](C(=O)O)N2)c(OC(F)F)c1.Cl. The molecule has 1 fully saturated rings. The molecule has 1 amide bonds. The zero-order valence-corrected chi connectivity index (χ0v) is 20.3. The van der Waals surface area contributed by atoms with Gasteiger partial charge in [-0.1, -0.05) is 26.0 Å². The fourth-order valence-electron chi connectivity index (χ4n) is 4.43. The van der Waals surface area contributed by atoms with E-state index in [2.05, 4.69) is 5.32 Å². The minimum Gasteiger partial charge on any atom is -0.489 e. The van der Waals surface area contributed by atoms with E-state index in [9.17, 15) is 18.4 Å². The van der Waals surface area contributed by atoms with Gasteiger partial charge in [0, 0.05) is 17.8 Å². The molecule has 0 bridgehead atoms. The number of anilines is 1. The first-order valence-corrected chi connectivity index (χ1v) is 11.4. The van der Waals surface area contributed by atoms with E-state index >= 15 is 0 Å². The van der Waals surface area contributed by atoms with Crippen LogP contribution in [0.1, 0.15) is 49.3 Å². The van der Waals surface area contributed by atoms with Crippen LogP contribution in [0.25, 0.3) is 0 Å². The number of alkyl halides is 2. The highest BCUT2D eigenvalue weighted by Crippen LogP contribution is 2.34. The van der Waals surface area contributed by atoms with E-state index in [1.54, 1.807) is 29.2 Å². The number of hydrogen-bond acceptors (Lipinski definition) is 5. The summed E-state index contributed by atoms with van der Waals surface area (Å²) in [6.45, 7) is 1.60. The molecule has 0 unspecified atom stereocenters. The van der Waals surface area contributed by atoms with Gasteiger partial charge in [0.25, 0.3) is 0 Å². The van der Waals surface area contributed by atoms with Crippen LogP contribution in [-0.2, 0) is 22.6 Å². The highest BCUT2D eigenvalue weighted by molar-refractivity contribution is 5.99. The molecule has 0 aromatic heterocycles. The summed E-state index contributed by atoms with van der Waals surface area (Å²) in [5.41, 5.74) is 3.13. The lowest BCUT2D eigenvalue weighted by molar-refractivity contribution is -0.139. The number of carboxylic acid groups (broad SMARTS) is 1. The number of amides is 1. The van der Waals surface area contributed by atoms with Gasteiger partial charge in [0.2, 0.25) is 5.91 Å². The molecule has 0 aliphatic carbocycles. The molecule has 35 heavy (non-hydrogen) atoms. The van der Waals surface area contributed by atoms with Crippen LogP contribution in [0, 0.1) is 0 Å². The van der Waals surface area contributed by atoms with Crippen molar-refractivity contribution in [2.75, 3.05) is 11.4 Å². The van der Waals surface area contributed by atoms with Gasteiger partial charge in [0.1, 0.15) is 24.1 Å². The molecule has 2 N–H and O–H groups in total. The number of nitrogens with zero attached hydrogens (tertiary/aromatic N) is 1. The first kappa shape index (κ1) is 26.7. The monoisotopic (exact) mass is 510 g/mol. The Morgan fingerprint density at radius 2 is 1.89 bits per heavy atom. The van der Waals surface area contributed by atoms with Crippen LogP contribution in [0.4, 0.5) is 14.5 Å². The fourth-order valence-corrected chi connectivity index (χ4v) is 4.43. The van der Waals surface area contributed by atoms with Crippen LogP contribution in [0.5, 0.6) is 11.5 Å². The zero-order valence-electron chi connectivity index (χ0n) is 19.5. The van der Waals surface area contributed by atoms with Crippen LogP contribution in [-0.4, -0.2) is 42.2 Å². The second-order valence-electron chi connectivity index (χ2n) is 8.91. The Balaban J connectivity index is 0.00000342. The number of hydrogen-bond donors (Lipinski definition) is 2. The van der Waals surface area contributed by atoms with Crippen molar-refractivity contribution in [1.29, 1.82) is 0 Å². The topological polar surface area (TPSA) is 88.1 Å². The van der Waals surface area contributed by atoms with Gasteiger partial charge in [-0.3, -0.25) is 14.9 Å². The molecule has 0 saturated carbocycles. The van der Waals surface area contributed by atoms with E-state index in [1.807, 2.05) is 26.0 Å². The molecular formula is C25H29ClF2N2O5. The number of nitrogens with one attached hydrogen (secondary N) is 1. The standard InChI is InChI=1S/C25H28F2N2O5.ClH/c1-14(2)15-3-4-17(22(12-15)34-25(26)27)13-33-18-5-8-21-16(11-18)9-10-29(21)23(30)19-6-7-20(28-19)24(31)32;/h3-5,8,11-12,14,19-20,25,28H,6-7,9-10,13H2,1-2H3,(H,31,32);1H/t19-,20-;/m0./s1. The van der Waals surface area contributed by atoms with Crippen LogP contribution < -0.4 is 19.7 Å². The maximum atomic E-state index is 12.9. The predicted octanol–water partition coefficient (Wildman–Crippen LogP) is 4.51. The number of rotatable bonds is 8. The molecule has 4 rings (SSSR count). The molecule has 2 atom stereocenters. The number of ether oxygens (including phenoxy) is 2. The smallest absolute Gasteiger partial charge is 0.387 e. The van der Waals surface area contributed by atoms with E-state index < -0.39 is 24.7 Å². The van der Waals surface area contributed by atoms with Crippen LogP contribution in [0.2, 0.25) is 0 Å². The number of carbonyl (C=O) groups is 2. The molecule has 2 heterocycles. The summed E-state index contributed by atoms with van der Waals surface area (Å²) in [5, 5.41) is 12.0. The van der Waals surface area contributed by atoms with Gasteiger partial charge < -0.3 is 19.5 Å². The lowest BCUT2D eigenvalue weighted by Gasteiger charge is -2.22. The second-order valence-corrected chi connectivity index (χ2v) is 8.91. The van der Waals surface area contributed by atoms with E-state index in [-0.39, 0.29) is 36.6 Å². The highest BCUT2D eigenvalue weighted by atomic mass is 35.5. The third-order valence-electron chi connectivity index (χ3n) is 6.32. The van der Waals surface area contributed by atoms with Crippen LogP contribution in [0.15, 0.2) is 36.4 Å². The third kappa shape index (κ3) is 6.02. The largest absolute Gasteiger partial charge is 0.489 e. The predicted molar refractivity (Wildman–Crippen MR) is 129 cm³/mol. The second kappa shape index (κ2) is 11.2. The summed E-state index contributed by atoms with van der Waals surface area (Å²) in [7, 11) is 0. The van der Waals surface area contributed by atoms with Crippen LogP contribution in [0.3, 0.4) is 0 Å². The first-order chi connectivity index (χ1) is 16.2. The van der Waals surface area contributed by atoms with Crippen LogP contribution >= 0.6 is 12.4 Å². The number of fused-ring (bicyclic) bond motifs is 1. The molecule has 7 nitrogen and oxygen atoms in total. The maximum Gasteiger partial charge on any atom is 0.387 e. The minimum atomic E-state index is -2.93. The van der Waals surface area contributed by atoms with E-state index in [1.165, 1.54) is 0 Å². The molecule has 2 aromatic carbocycles. The Hall–Kier alpha value is -2.91. The highest BCUT2D eigenvalue weighted by Gasteiger charge is 2.37. The van der Waals surface area contributed by atoms with Gasteiger partial charge in [0.15, 0.2) is 0 Å². The van der Waals surface area contributed by atoms with E-state index in [4.69, 9.17) is 14.6 Å². The Morgan fingerprint density at radius 3 is 2.54 bits per heavy atom. The van der Waals surface area contributed by atoms with Crippen molar-refractivity contribution in [2.45, 2.75) is 64.3 Å². The molecule has 2 aliphatic rings. The molecule has 0 radical (unpaired) electrons. The number of benzene rings is 2. The van der Waals surface area contributed by atoms with Crippen molar-refractivity contribution in [3.8, 4) is 11.5 Å².